The Hall–Kier alpha value is -0.280. The fourth-order valence-corrected chi connectivity index (χ4v) is 3.72. The van der Waals surface area contributed by atoms with Crippen LogP contribution in [-0.4, -0.2) is 18.0 Å². The molecule has 0 spiro atoms. The summed E-state index contributed by atoms with van der Waals surface area (Å²) in [6.45, 7) is 0.921. The third-order valence-corrected chi connectivity index (χ3v) is 5.07. The van der Waals surface area contributed by atoms with Gasteiger partial charge in [-0.1, -0.05) is 15.9 Å². The second-order valence-electron chi connectivity index (χ2n) is 5.18. The van der Waals surface area contributed by atoms with Crippen LogP contribution in [-0.2, 0) is 11.2 Å². The van der Waals surface area contributed by atoms with Crippen LogP contribution in [0.5, 0.6) is 0 Å². The van der Waals surface area contributed by atoms with Gasteiger partial charge in [0.25, 0.3) is 0 Å². The number of furan rings is 1. The molecule has 88 valence electrons. The lowest BCUT2D eigenvalue weighted by atomic mass is 9.76. The molecule has 2 atom stereocenters. The van der Waals surface area contributed by atoms with E-state index in [1.807, 2.05) is 6.26 Å². The van der Waals surface area contributed by atoms with Crippen molar-refractivity contribution in [3.8, 4) is 0 Å². The van der Waals surface area contributed by atoms with Crippen LogP contribution in [0, 0.1) is 11.3 Å². The Morgan fingerprint density at radius 2 is 2.31 bits per heavy atom. The summed E-state index contributed by atoms with van der Waals surface area (Å²) in [6, 6.07) is 2.08. The highest BCUT2D eigenvalue weighted by Crippen LogP contribution is 2.50. The van der Waals surface area contributed by atoms with Crippen molar-refractivity contribution >= 4 is 15.9 Å². The SMILES string of the molecule is BrCC1(Cc2ccoc2)CCOC1C1CC1. The molecule has 1 aromatic rings. The smallest absolute Gasteiger partial charge is 0.0934 e. The van der Waals surface area contributed by atoms with Crippen LogP contribution in [0.15, 0.2) is 23.0 Å². The Morgan fingerprint density at radius 1 is 1.44 bits per heavy atom. The van der Waals surface area contributed by atoms with Gasteiger partial charge in [0.05, 0.1) is 18.6 Å². The first-order valence-corrected chi connectivity index (χ1v) is 7.15. The Bertz CT molecular complexity index is 345. The largest absolute Gasteiger partial charge is 0.472 e. The topological polar surface area (TPSA) is 22.4 Å². The maximum Gasteiger partial charge on any atom is 0.0934 e. The summed E-state index contributed by atoms with van der Waals surface area (Å²) >= 11 is 3.71. The van der Waals surface area contributed by atoms with Gasteiger partial charge in [0, 0.05) is 17.4 Å². The van der Waals surface area contributed by atoms with Crippen LogP contribution in [0.4, 0.5) is 0 Å². The van der Waals surface area contributed by atoms with Crippen LogP contribution < -0.4 is 0 Å². The van der Waals surface area contributed by atoms with Gasteiger partial charge in [-0.25, -0.2) is 0 Å². The third-order valence-electron chi connectivity index (χ3n) is 3.95. The summed E-state index contributed by atoms with van der Waals surface area (Å²) in [4.78, 5) is 0. The van der Waals surface area contributed by atoms with E-state index in [0.717, 1.165) is 24.3 Å². The van der Waals surface area contributed by atoms with Gasteiger partial charge in [0.1, 0.15) is 0 Å². The second kappa shape index (κ2) is 4.19. The maximum absolute atomic E-state index is 5.97. The normalized spacial score (nSPS) is 34.4. The summed E-state index contributed by atoms with van der Waals surface area (Å²) < 4.78 is 11.1. The fraction of sp³-hybridized carbons (Fsp3) is 0.692. The Morgan fingerprint density at radius 3 is 2.94 bits per heavy atom. The van der Waals surface area contributed by atoms with Gasteiger partial charge in [-0.05, 0) is 43.2 Å². The first-order chi connectivity index (χ1) is 7.84. The minimum atomic E-state index is 0.297. The molecule has 0 N–H and O–H groups in total. The second-order valence-corrected chi connectivity index (χ2v) is 5.74. The van der Waals surface area contributed by atoms with Crippen LogP contribution in [0.25, 0.3) is 0 Å². The predicted octanol–water partition coefficient (Wildman–Crippen LogP) is 3.40. The van der Waals surface area contributed by atoms with Gasteiger partial charge in [-0.3, -0.25) is 0 Å². The molecular formula is C13H17BrO2. The molecule has 2 nitrogen and oxygen atoms in total. The molecule has 0 aromatic carbocycles. The van der Waals surface area contributed by atoms with Crippen LogP contribution in [0.3, 0.4) is 0 Å². The Labute approximate surface area is 104 Å². The summed E-state index contributed by atoms with van der Waals surface area (Å²) in [5, 5.41) is 1.03. The molecule has 1 aliphatic heterocycles. The van der Waals surface area contributed by atoms with Crippen molar-refractivity contribution in [2.24, 2.45) is 11.3 Å². The Kier molecular flexibility index (Phi) is 2.84. The first-order valence-electron chi connectivity index (χ1n) is 6.03. The van der Waals surface area contributed by atoms with Gasteiger partial charge in [-0.2, -0.15) is 0 Å². The molecule has 2 heterocycles. The molecular weight excluding hydrogens is 268 g/mol. The van der Waals surface area contributed by atoms with Crippen molar-refractivity contribution in [1.29, 1.82) is 0 Å². The van der Waals surface area contributed by atoms with E-state index >= 15 is 0 Å². The van der Waals surface area contributed by atoms with Crippen LogP contribution in [0.1, 0.15) is 24.8 Å². The molecule has 1 saturated carbocycles. The number of rotatable bonds is 4. The van der Waals surface area contributed by atoms with Gasteiger partial charge in [0.2, 0.25) is 0 Å². The summed E-state index contributed by atoms with van der Waals surface area (Å²) in [5.74, 6) is 0.812. The monoisotopic (exact) mass is 284 g/mol. The lowest BCUT2D eigenvalue weighted by molar-refractivity contribution is 0.0413. The van der Waals surface area contributed by atoms with E-state index in [4.69, 9.17) is 9.15 Å². The van der Waals surface area contributed by atoms with E-state index in [2.05, 4.69) is 22.0 Å². The molecule has 3 heteroatoms. The molecule has 2 fully saturated rings. The van der Waals surface area contributed by atoms with E-state index in [1.165, 1.54) is 24.8 Å². The summed E-state index contributed by atoms with van der Waals surface area (Å²) in [6.07, 6.45) is 9.05. The standard InChI is InChI=1S/C13H17BrO2/c14-9-13(7-10-3-5-15-8-10)4-6-16-12(13)11-1-2-11/h3,5,8,11-12H,1-2,4,6-7,9H2. The van der Waals surface area contributed by atoms with Gasteiger partial charge >= 0.3 is 0 Å². The fourth-order valence-electron chi connectivity index (χ4n) is 2.92. The number of hydrogen-bond acceptors (Lipinski definition) is 2. The average molecular weight is 285 g/mol. The van der Waals surface area contributed by atoms with Crippen molar-refractivity contribution in [1.82, 2.24) is 0 Å². The summed E-state index contributed by atoms with van der Waals surface area (Å²) in [5.41, 5.74) is 1.60. The molecule has 0 radical (unpaired) electrons. The van der Waals surface area contributed by atoms with Crippen molar-refractivity contribution in [2.75, 3.05) is 11.9 Å². The zero-order chi connectivity index (χ0) is 11.0. The van der Waals surface area contributed by atoms with E-state index < -0.39 is 0 Å². The lowest BCUT2D eigenvalue weighted by Gasteiger charge is -2.32. The van der Waals surface area contributed by atoms with Crippen molar-refractivity contribution in [2.45, 2.75) is 31.8 Å². The minimum Gasteiger partial charge on any atom is -0.472 e. The van der Waals surface area contributed by atoms with Crippen molar-refractivity contribution in [3.05, 3.63) is 24.2 Å². The minimum absolute atomic E-state index is 0.297. The summed E-state index contributed by atoms with van der Waals surface area (Å²) in [7, 11) is 0. The van der Waals surface area contributed by atoms with E-state index in [0.29, 0.717) is 11.5 Å². The van der Waals surface area contributed by atoms with Gasteiger partial charge in [-0.15, -0.1) is 0 Å². The highest BCUT2D eigenvalue weighted by atomic mass is 79.9. The molecule has 16 heavy (non-hydrogen) atoms. The van der Waals surface area contributed by atoms with E-state index in [1.54, 1.807) is 6.26 Å². The van der Waals surface area contributed by atoms with E-state index in [-0.39, 0.29) is 0 Å². The van der Waals surface area contributed by atoms with Gasteiger partial charge < -0.3 is 9.15 Å². The molecule has 0 amide bonds. The highest BCUT2D eigenvalue weighted by Gasteiger charge is 2.50. The van der Waals surface area contributed by atoms with E-state index in [9.17, 15) is 0 Å². The first kappa shape index (κ1) is 10.8. The molecule has 3 rings (SSSR count). The molecule has 1 aliphatic carbocycles. The number of ether oxygens (including phenoxy) is 1. The van der Waals surface area contributed by atoms with Crippen LogP contribution >= 0.6 is 15.9 Å². The molecule has 2 aliphatic rings. The Balaban J connectivity index is 1.80. The molecule has 2 unspecified atom stereocenters. The quantitative estimate of drug-likeness (QED) is 0.791. The zero-order valence-corrected chi connectivity index (χ0v) is 10.9. The number of alkyl halides is 1. The number of halogens is 1. The molecule has 1 saturated heterocycles. The molecule has 0 bridgehead atoms. The predicted molar refractivity (Wildman–Crippen MR) is 65.7 cm³/mol. The third kappa shape index (κ3) is 1.84. The molecule has 1 aromatic heterocycles. The van der Waals surface area contributed by atoms with Crippen molar-refractivity contribution in [3.63, 3.8) is 0 Å². The maximum atomic E-state index is 5.97. The highest BCUT2D eigenvalue weighted by molar-refractivity contribution is 9.09. The van der Waals surface area contributed by atoms with Gasteiger partial charge in [0.15, 0.2) is 0 Å². The average Bonchev–Trinajstić information content (AvgIpc) is 2.86. The zero-order valence-electron chi connectivity index (χ0n) is 9.32. The number of hydrogen-bond donors (Lipinski definition) is 0. The lowest BCUT2D eigenvalue weighted by Crippen LogP contribution is -2.36. The van der Waals surface area contributed by atoms with Crippen molar-refractivity contribution < 1.29 is 9.15 Å². The van der Waals surface area contributed by atoms with Crippen LogP contribution in [0.2, 0.25) is 0 Å².